The number of carbonyl (C=O) groups is 1. The van der Waals surface area contributed by atoms with E-state index in [-0.39, 0.29) is 35.2 Å². The summed E-state index contributed by atoms with van der Waals surface area (Å²) in [5, 5.41) is 12.4. The molecule has 244 valence electrons. The van der Waals surface area contributed by atoms with Gasteiger partial charge in [0.25, 0.3) is 5.91 Å². The minimum Gasteiger partial charge on any atom is -0.394 e. The number of pyridine rings is 1. The number of amides is 1. The summed E-state index contributed by atoms with van der Waals surface area (Å²) in [7, 11) is -3.54. The fourth-order valence-electron chi connectivity index (χ4n) is 5.13. The number of nitrogens with one attached hydrogen (secondary N) is 1. The molecule has 8 nitrogen and oxygen atoms in total. The minimum absolute atomic E-state index is 0.135. The van der Waals surface area contributed by atoms with Crippen LogP contribution in [-0.2, 0) is 20.8 Å². The van der Waals surface area contributed by atoms with E-state index < -0.39 is 59.1 Å². The number of halogens is 6. The molecule has 15 heteroatoms. The zero-order chi connectivity index (χ0) is 33.0. The van der Waals surface area contributed by atoms with E-state index in [1.54, 1.807) is 17.0 Å². The number of benzene rings is 2. The van der Waals surface area contributed by atoms with E-state index in [0.29, 0.717) is 23.2 Å². The van der Waals surface area contributed by atoms with Crippen LogP contribution in [0, 0.1) is 0 Å². The Morgan fingerprint density at radius 1 is 1.02 bits per heavy atom. The molecule has 3 atom stereocenters. The van der Waals surface area contributed by atoms with Gasteiger partial charge in [-0.1, -0.05) is 25.1 Å². The number of ether oxygens (including phenoxy) is 1. The molecule has 1 saturated heterocycles. The van der Waals surface area contributed by atoms with Gasteiger partial charge in [0, 0.05) is 29.9 Å². The van der Waals surface area contributed by atoms with Crippen molar-refractivity contribution >= 4 is 21.4 Å². The number of piperidine rings is 1. The summed E-state index contributed by atoms with van der Waals surface area (Å²) in [6.07, 6.45) is -7.39. The number of rotatable bonds is 10. The SMILES string of the molecule is CCS(=O)(=O)c1ccc([C@H](CO)NC(=O)c2ccc(N3CC(c4ccc(C(F)(F)F)cc4)CC[C@H]3COC(F)(F)F)cc2)cn1. The summed E-state index contributed by atoms with van der Waals surface area (Å²) < 4.78 is 106. The van der Waals surface area contributed by atoms with Crippen molar-refractivity contribution in [3.63, 3.8) is 0 Å². The number of anilines is 1. The van der Waals surface area contributed by atoms with Crippen molar-refractivity contribution in [1.29, 1.82) is 0 Å². The average Bonchev–Trinajstić information content (AvgIpc) is 3.02. The van der Waals surface area contributed by atoms with Crippen LogP contribution in [0.1, 0.15) is 58.8 Å². The van der Waals surface area contributed by atoms with Crippen LogP contribution in [0.25, 0.3) is 0 Å². The second-order valence-electron chi connectivity index (χ2n) is 10.5. The first-order valence-electron chi connectivity index (χ1n) is 14.0. The van der Waals surface area contributed by atoms with Gasteiger partial charge in [-0.15, -0.1) is 13.2 Å². The molecule has 2 aromatic carbocycles. The topological polar surface area (TPSA) is 109 Å². The maximum absolute atomic E-state index is 13.0. The van der Waals surface area contributed by atoms with Crippen molar-refractivity contribution < 1.29 is 49.4 Å². The van der Waals surface area contributed by atoms with Gasteiger partial charge >= 0.3 is 12.5 Å². The summed E-state index contributed by atoms with van der Waals surface area (Å²) in [5.41, 5.74) is 0.839. The third-order valence-electron chi connectivity index (χ3n) is 7.66. The third-order valence-corrected chi connectivity index (χ3v) is 9.30. The Hall–Kier alpha value is -3.69. The summed E-state index contributed by atoms with van der Waals surface area (Å²) in [6, 6.07) is 11.8. The molecule has 1 fully saturated rings. The molecule has 0 saturated carbocycles. The van der Waals surface area contributed by atoms with Crippen LogP contribution in [0.4, 0.5) is 32.0 Å². The fourth-order valence-corrected chi connectivity index (χ4v) is 5.92. The molecule has 1 aromatic heterocycles. The normalized spacial score (nSPS) is 18.4. The summed E-state index contributed by atoms with van der Waals surface area (Å²) in [4.78, 5) is 18.6. The molecule has 0 bridgehead atoms. The first-order valence-corrected chi connectivity index (χ1v) is 15.6. The molecular weight excluding hydrogens is 628 g/mol. The molecule has 3 aromatic rings. The predicted octanol–water partition coefficient (Wildman–Crippen LogP) is 5.65. The highest BCUT2D eigenvalue weighted by molar-refractivity contribution is 7.91. The van der Waals surface area contributed by atoms with E-state index in [4.69, 9.17) is 0 Å². The van der Waals surface area contributed by atoms with E-state index in [1.807, 2.05) is 0 Å². The Bertz CT molecular complexity index is 1550. The van der Waals surface area contributed by atoms with Gasteiger partial charge in [0.05, 0.1) is 36.6 Å². The van der Waals surface area contributed by atoms with Gasteiger partial charge in [0.1, 0.15) is 0 Å². The van der Waals surface area contributed by atoms with Gasteiger partial charge in [0.15, 0.2) is 14.9 Å². The van der Waals surface area contributed by atoms with Gasteiger partial charge < -0.3 is 15.3 Å². The maximum atomic E-state index is 13.0. The largest absolute Gasteiger partial charge is 0.522 e. The monoisotopic (exact) mass is 659 g/mol. The molecule has 2 N–H and O–H groups in total. The van der Waals surface area contributed by atoms with Crippen molar-refractivity contribution in [2.24, 2.45) is 0 Å². The van der Waals surface area contributed by atoms with Crippen LogP contribution in [-0.4, -0.2) is 62.3 Å². The molecular formula is C30H31F6N3O5S. The number of aliphatic hydroxyl groups is 1. The van der Waals surface area contributed by atoms with Crippen LogP contribution >= 0.6 is 0 Å². The number of carbonyl (C=O) groups excluding carboxylic acids is 1. The van der Waals surface area contributed by atoms with Crippen LogP contribution in [0.15, 0.2) is 71.9 Å². The van der Waals surface area contributed by atoms with E-state index in [9.17, 15) is 44.7 Å². The van der Waals surface area contributed by atoms with Crippen molar-refractivity contribution in [3.05, 3.63) is 89.1 Å². The number of hydrogen-bond donors (Lipinski definition) is 2. The summed E-state index contributed by atoms with van der Waals surface area (Å²) in [5.74, 6) is -0.988. The Kier molecular flexibility index (Phi) is 10.4. The van der Waals surface area contributed by atoms with Crippen molar-refractivity contribution in [3.8, 4) is 0 Å². The van der Waals surface area contributed by atoms with Crippen molar-refractivity contribution in [1.82, 2.24) is 10.3 Å². The smallest absolute Gasteiger partial charge is 0.394 e. The van der Waals surface area contributed by atoms with Gasteiger partial charge in [-0.2, -0.15) is 13.2 Å². The third kappa shape index (κ3) is 8.73. The zero-order valence-corrected chi connectivity index (χ0v) is 24.8. The Labute approximate surface area is 256 Å². The Morgan fingerprint density at radius 3 is 2.22 bits per heavy atom. The second kappa shape index (κ2) is 13.7. The standard InChI is InChI=1S/C30H31F6N3O5S/c1-2-45(42,43)27-14-8-21(15-37-27)26(17-40)38-28(41)20-5-11-24(12-6-20)39-16-22(7-13-25(39)18-44-30(34,35)36)19-3-9-23(10-4-19)29(31,32)33/h3-6,8-12,14-15,22,25-26,40H,2,7,13,16-18H2,1H3,(H,38,41)/t22?,25-,26-/m0/s1. The van der Waals surface area contributed by atoms with E-state index in [2.05, 4.69) is 15.0 Å². The second-order valence-corrected chi connectivity index (χ2v) is 12.8. The molecule has 45 heavy (non-hydrogen) atoms. The quantitative estimate of drug-likeness (QED) is 0.271. The van der Waals surface area contributed by atoms with Crippen LogP contribution in [0.2, 0.25) is 0 Å². The highest BCUT2D eigenvalue weighted by atomic mass is 32.2. The lowest BCUT2D eigenvalue weighted by Gasteiger charge is -2.41. The first kappa shape index (κ1) is 34.2. The average molecular weight is 660 g/mol. The number of hydrogen-bond acceptors (Lipinski definition) is 7. The van der Waals surface area contributed by atoms with Crippen molar-refractivity contribution in [2.75, 3.05) is 30.4 Å². The molecule has 0 spiro atoms. The number of aliphatic hydroxyl groups excluding tert-OH is 1. The highest BCUT2D eigenvalue weighted by Crippen LogP contribution is 2.36. The van der Waals surface area contributed by atoms with Gasteiger partial charge in [-0.05, 0) is 66.4 Å². The van der Waals surface area contributed by atoms with Gasteiger partial charge in [-0.25, -0.2) is 13.4 Å². The van der Waals surface area contributed by atoms with Gasteiger partial charge in [-0.3, -0.25) is 9.53 Å². The highest BCUT2D eigenvalue weighted by Gasteiger charge is 2.36. The molecule has 0 radical (unpaired) electrons. The van der Waals surface area contributed by atoms with Gasteiger partial charge in [0.2, 0.25) is 0 Å². The maximum Gasteiger partial charge on any atom is 0.522 e. The van der Waals surface area contributed by atoms with Crippen LogP contribution in [0.5, 0.6) is 0 Å². The molecule has 4 rings (SSSR count). The first-order chi connectivity index (χ1) is 21.1. The van der Waals surface area contributed by atoms with Crippen LogP contribution < -0.4 is 10.2 Å². The minimum atomic E-state index is -4.85. The lowest BCUT2D eigenvalue weighted by Crippen LogP contribution is -2.46. The molecule has 1 amide bonds. The van der Waals surface area contributed by atoms with Crippen molar-refractivity contribution in [2.45, 2.75) is 55.3 Å². The van der Waals surface area contributed by atoms with E-state index in [0.717, 1.165) is 12.1 Å². The summed E-state index contributed by atoms with van der Waals surface area (Å²) in [6.45, 7) is 0.514. The van der Waals surface area contributed by atoms with E-state index in [1.165, 1.54) is 49.5 Å². The zero-order valence-electron chi connectivity index (χ0n) is 24.0. The lowest BCUT2D eigenvalue weighted by molar-refractivity contribution is -0.326. The molecule has 1 unspecified atom stereocenters. The Balaban J connectivity index is 1.50. The predicted molar refractivity (Wildman–Crippen MR) is 152 cm³/mol. The number of nitrogens with zero attached hydrogens (tertiary/aromatic N) is 2. The number of aromatic nitrogens is 1. The summed E-state index contributed by atoms with van der Waals surface area (Å²) >= 11 is 0. The van der Waals surface area contributed by atoms with E-state index >= 15 is 0 Å². The molecule has 1 aliphatic heterocycles. The molecule has 0 aliphatic carbocycles. The Morgan fingerprint density at radius 2 is 1.69 bits per heavy atom. The van der Waals surface area contributed by atoms with Crippen LogP contribution in [0.3, 0.4) is 0 Å². The molecule has 1 aliphatic rings. The fraction of sp³-hybridized carbons (Fsp3) is 0.400. The molecule has 2 heterocycles. The number of alkyl halides is 6. The lowest BCUT2D eigenvalue weighted by atomic mass is 9.86. The number of sulfone groups is 1.